The van der Waals surface area contributed by atoms with Crippen LogP contribution in [0.5, 0.6) is 0 Å². The van der Waals surface area contributed by atoms with Crippen molar-refractivity contribution in [2.45, 2.75) is 32.7 Å². The van der Waals surface area contributed by atoms with Gasteiger partial charge in [0.2, 0.25) is 5.78 Å². The second-order valence-corrected chi connectivity index (χ2v) is 9.03. The van der Waals surface area contributed by atoms with E-state index in [1.807, 2.05) is 67.8 Å². The average molecular weight is 460 g/mol. The smallest absolute Gasteiger partial charge is 0.262 e. The number of ether oxygens (including phenoxy) is 1. The number of rotatable bonds is 8. The molecule has 2 heterocycles. The van der Waals surface area contributed by atoms with Crippen molar-refractivity contribution in [2.24, 2.45) is 5.92 Å². The molecule has 6 heteroatoms. The summed E-state index contributed by atoms with van der Waals surface area (Å²) in [7, 11) is 0. The molecule has 2 aromatic heterocycles. The maximum absolute atomic E-state index is 13.5. The zero-order valence-corrected chi connectivity index (χ0v) is 19.4. The highest BCUT2D eigenvalue weighted by atomic mass is 35.5. The number of hydrogen-bond donors (Lipinski definition) is 0. The first-order chi connectivity index (χ1) is 16.0. The van der Waals surface area contributed by atoms with Crippen LogP contribution in [0.25, 0.3) is 22.8 Å². The molecule has 5 rings (SSSR count). The normalized spacial score (nSPS) is 13.4. The summed E-state index contributed by atoms with van der Waals surface area (Å²) in [6.07, 6.45) is 6.79. The minimum Gasteiger partial charge on any atom is -0.494 e. The molecular formula is C27H26ClN3O2. The maximum Gasteiger partial charge on any atom is 0.262 e. The monoisotopic (exact) mass is 459 g/mol. The van der Waals surface area contributed by atoms with E-state index in [1.54, 1.807) is 4.40 Å². The fraction of sp³-hybridized carbons (Fsp3) is 0.259. The van der Waals surface area contributed by atoms with Crippen LogP contribution in [0.3, 0.4) is 0 Å². The quantitative estimate of drug-likeness (QED) is 0.312. The molecule has 0 N–H and O–H groups in total. The summed E-state index contributed by atoms with van der Waals surface area (Å²) < 4.78 is 9.38. The molecule has 5 nitrogen and oxygen atoms in total. The largest absolute Gasteiger partial charge is 0.494 e. The van der Waals surface area contributed by atoms with Crippen molar-refractivity contribution < 1.29 is 4.74 Å². The topological polar surface area (TPSA) is 48.5 Å². The Morgan fingerprint density at radius 1 is 1.18 bits per heavy atom. The van der Waals surface area contributed by atoms with Crippen molar-refractivity contribution in [3.8, 4) is 11.3 Å². The first-order valence-electron chi connectivity index (χ1n) is 11.3. The molecule has 1 aliphatic rings. The van der Waals surface area contributed by atoms with Crippen molar-refractivity contribution >= 4 is 23.1 Å². The molecule has 1 saturated carbocycles. The molecule has 0 bridgehead atoms. The van der Waals surface area contributed by atoms with Gasteiger partial charge in [0.15, 0.2) is 0 Å². The number of aromatic nitrogens is 3. The van der Waals surface area contributed by atoms with Gasteiger partial charge >= 0.3 is 0 Å². The van der Waals surface area contributed by atoms with Gasteiger partial charge in [-0.1, -0.05) is 48.5 Å². The zero-order chi connectivity index (χ0) is 22.9. The van der Waals surface area contributed by atoms with E-state index >= 15 is 0 Å². The van der Waals surface area contributed by atoms with Crippen LogP contribution in [0.15, 0.2) is 72.3 Å². The SMILES string of the molecule is C=C(OCC)c1cccc(Cc2cn(CC3CC3)c3nc(-c4ccc(Cl)cc4)cn3c2=O)c1. The van der Waals surface area contributed by atoms with E-state index in [9.17, 15) is 4.79 Å². The predicted molar refractivity (Wildman–Crippen MR) is 133 cm³/mol. The lowest BCUT2D eigenvalue weighted by atomic mass is 10.0. The highest BCUT2D eigenvalue weighted by molar-refractivity contribution is 6.30. The molecule has 0 aliphatic heterocycles. The van der Waals surface area contributed by atoms with Gasteiger partial charge in [0, 0.05) is 47.1 Å². The van der Waals surface area contributed by atoms with Crippen LogP contribution >= 0.6 is 11.6 Å². The fourth-order valence-electron chi connectivity index (χ4n) is 4.10. The summed E-state index contributed by atoms with van der Waals surface area (Å²) in [6.45, 7) is 7.39. The van der Waals surface area contributed by atoms with Crippen molar-refractivity contribution in [1.29, 1.82) is 0 Å². The molecule has 0 atom stereocenters. The van der Waals surface area contributed by atoms with Crippen molar-refractivity contribution in [1.82, 2.24) is 14.0 Å². The van der Waals surface area contributed by atoms with Crippen LogP contribution in [-0.4, -0.2) is 20.6 Å². The summed E-state index contributed by atoms with van der Waals surface area (Å²) in [5, 5.41) is 0.673. The summed E-state index contributed by atoms with van der Waals surface area (Å²) in [6, 6.07) is 15.6. The van der Waals surface area contributed by atoms with Crippen molar-refractivity contribution in [2.75, 3.05) is 6.61 Å². The Kier molecular flexibility index (Phi) is 5.81. The average Bonchev–Trinajstić information content (AvgIpc) is 3.52. The lowest BCUT2D eigenvalue weighted by Crippen LogP contribution is -2.22. The van der Waals surface area contributed by atoms with Crippen LogP contribution in [0.1, 0.15) is 36.5 Å². The second-order valence-electron chi connectivity index (χ2n) is 8.59. The van der Waals surface area contributed by atoms with Gasteiger partial charge in [-0.15, -0.1) is 0 Å². The van der Waals surface area contributed by atoms with E-state index in [0.29, 0.717) is 35.5 Å². The summed E-state index contributed by atoms with van der Waals surface area (Å²) in [5.74, 6) is 1.97. The molecule has 1 fully saturated rings. The third kappa shape index (κ3) is 4.60. The summed E-state index contributed by atoms with van der Waals surface area (Å²) in [4.78, 5) is 18.3. The third-order valence-electron chi connectivity index (χ3n) is 6.00. The van der Waals surface area contributed by atoms with Crippen molar-refractivity contribution in [3.05, 3.63) is 99.6 Å². The Balaban J connectivity index is 1.56. The lowest BCUT2D eigenvalue weighted by molar-refractivity contribution is 0.299. The summed E-state index contributed by atoms with van der Waals surface area (Å²) in [5.41, 5.74) is 4.37. The maximum atomic E-state index is 13.5. The second kappa shape index (κ2) is 8.91. The fourth-order valence-corrected chi connectivity index (χ4v) is 4.23. The van der Waals surface area contributed by atoms with E-state index in [4.69, 9.17) is 21.3 Å². The van der Waals surface area contributed by atoms with E-state index in [-0.39, 0.29) is 5.56 Å². The first-order valence-corrected chi connectivity index (χ1v) is 11.7. The predicted octanol–water partition coefficient (Wildman–Crippen LogP) is 5.82. The summed E-state index contributed by atoms with van der Waals surface area (Å²) >= 11 is 6.05. The number of halogens is 1. The van der Waals surface area contributed by atoms with E-state index < -0.39 is 0 Å². The van der Waals surface area contributed by atoms with Gasteiger partial charge in [0.05, 0.1) is 12.3 Å². The minimum atomic E-state index is -0.0428. The molecule has 0 unspecified atom stereocenters. The molecule has 0 amide bonds. The van der Waals surface area contributed by atoms with E-state index in [1.165, 1.54) is 12.8 Å². The zero-order valence-electron chi connectivity index (χ0n) is 18.6. The molecule has 1 aliphatic carbocycles. The molecule has 168 valence electrons. The number of benzene rings is 2. The number of nitrogens with zero attached hydrogens (tertiary/aromatic N) is 3. The molecular weight excluding hydrogens is 434 g/mol. The van der Waals surface area contributed by atoms with Crippen molar-refractivity contribution in [3.63, 3.8) is 0 Å². The highest BCUT2D eigenvalue weighted by Gasteiger charge is 2.24. The van der Waals surface area contributed by atoms with Crippen LogP contribution < -0.4 is 5.56 Å². The Bertz CT molecular complexity index is 1380. The van der Waals surface area contributed by atoms with Crippen LogP contribution in [-0.2, 0) is 17.7 Å². The first kappa shape index (κ1) is 21.5. The molecule has 0 spiro atoms. The number of imidazole rings is 1. The third-order valence-corrected chi connectivity index (χ3v) is 6.26. The molecule has 33 heavy (non-hydrogen) atoms. The van der Waals surface area contributed by atoms with Gasteiger partial charge in [-0.25, -0.2) is 4.98 Å². The van der Waals surface area contributed by atoms with Gasteiger partial charge < -0.3 is 9.30 Å². The van der Waals surface area contributed by atoms with Gasteiger partial charge in [0.25, 0.3) is 5.56 Å². The van der Waals surface area contributed by atoms with Crippen LogP contribution in [0.4, 0.5) is 0 Å². The minimum absolute atomic E-state index is 0.0428. The van der Waals surface area contributed by atoms with Crippen LogP contribution in [0.2, 0.25) is 5.02 Å². The highest BCUT2D eigenvalue weighted by Crippen LogP contribution is 2.31. The molecule has 0 radical (unpaired) electrons. The molecule has 0 saturated heterocycles. The Labute approximate surface area is 197 Å². The Hall–Kier alpha value is -3.31. The van der Waals surface area contributed by atoms with E-state index in [0.717, 1.165) is 34.5 Å². The van der Waals surface area contributed by atoms with Gasteiger partial charge in [-0.2, -0.15) is 0 Å². The van der Waals surface area contributed by atoms with Crippen LogP contribution in [0, 0.1) is 5.92 Å². The Morgan fingerprint density at radius 2 is 1.97 bits per heavy atom. The van der Waals surface area contributed by atoms with E-state index in [2.05, 4.69) is 11.1 Å². The van der Waals surface area contributed by atoms with Gasteiger partial charge in [-0.3, -0.25) is 9.20 Å². The van der Waals surface area contributed by atoms with Gasteiger partial charge in [0.1, 0.15) is 5.76 Å². The molecule has 2 aromatic carbocycles. The van der Waals surface area contributed by atoms with Gasteiger partial charge in [-0.05, 0) is 49.4 Å². The lowest BCUT2D eigenvalue weighted by Gasteiger charge is -2.12. The Morgan fingerprint density at radius 3 is 2.70 bits per heavy atom. The standard InChI is InChI=1S/C27H26ClN3O2/c1-3-33-18(2)22-6-4-5-20(13-22)14-23-16-30(15-19-7-8-19)27-29-25(17-31(27)26(23)32)21-9-11-24(28)12-10-21/h4-6,9-13,16-17,19H,2-3,7-8,14-15H2,1H3. The number of hydrogen-bond acceptors (Lipinski definition) is 3. The molecule has 4 aromatic rings. The number of fused-ring (bicyclic) bond motifs is 1.